The molecule has 2 aromatic carbocycles. The van der Waals surface area contributed by atoms with Gasteiger partial charge in [-0.25, -0.2) is 18.1 Å². The van der Waals surface area contributed by atoms with Crippen molar-refractivity contribution in [3.8, 4) is 5.69 Å². The van der Waals surface area contributed by atoms with Gasteiger partial charge < -0.3 is 14.9 Å². The van der Waals surface area contributed by atoms with Gasteiger partial charge in [-0.1, -0.05) is 24.3 Å². The smallest absolute Gasteiger partial charge is 0.333 e. The standard InChI is InChI=1S/C21H16F2N4O3/c1-26-11-14(19(28)24-10-13-15(22)8-5-9-16(13)23)17-18(26)20(29)27(21(30)25-17)12-6-3-2-4-7-12/h2-9,11H,10H2,1H3,(H,24,28)(H,25,30). The van der Waals surface area contributed by atoms with Crippen LogP contribution in [-0.4, -0.2) is 20.0 Å². The average molecular weight is 410 g/mol. The minimum absolute atomic E-state index is 0.0126. The molecule has 0 bridgehead atoms. The Labute approximate surface area is 168 Å². The minimum atomic E-state index is -0.785. The second-order valence-corrected chi connectivity index (χ2v) is 6.67. The van der Waals surface area contributed by atoms with Crippen LogP contribution in [0, 0.1) is 11.6 Å². The Morgan fingerprint density at radius 1 is 1.03 bits per heavy atom. The van der Waals surface area contributed by atoms with Crippen LogP contribution in [0.25, 0.3) is 16.7 Å². The normalized spacial score (nSPS) is 11.0. The van der Waals surface area contributed by atoms with Crippen molar-refractivity contribution >= 4 is 16.9 Å². The molecule has 0 atom stereocenters. The molecule has 9 heteroatoms. The summed E-state index contributed by atoms with van der Waals surface area (Å²) in [5.74, 6) is -2.25. The number of amides is 1. The van der Waals surface area contributed by atoms with E-state index >= 15 is 0 Å². The van der Waals surface area contributed by atoms with Crippen LogP contribution in [0.15, 0.2) is 64.3 Å². The van der Waals surface area contributed by atoms with Crippen LogP contribution in [0.1, 0.15) is 15.9 Å². The van der Waals surface area contributed by atoms with Crippen LogP contribution < -0.4 is 16.6 Å². The topological polar surface area (TPSA) is 88.9 Å². The molecule has 0 fully saturated rings. The van der Waals surface area contributed by atoms with Crippen LogP contribution in [0.3, 0.4) is 0 Å². The summed E-state index contributed by atoms with van der Waals surface area (Å²) in [5, 5.41) is 2.42. The lowest BCUT2D eigenvalue weighted by Gasteiger charge is -2.07. The van der Waals surface area contributed by atoms with Gasteiger partial charge in [-0.3, -0.25) is 9.59 Å². The van der Waals surface area contributed by atoms with E-state index in [2.05, 4.69) is 10.3 Å². The van der Waals surface area contributed by atoms with Crippen LogP contribution in [0.4, 0.5) is 8.78 Å². The van der Waals surface area contributed by atoms with Gasteiger partial charge in [-0.15, -0.1) is 0 Å². The fraction of sp³-hybridized carbons (Fsp3) is 0.0952. The highest BCUT2D eigenvalue weighted by Gasteiger charge is 2.20. The second kappa shape index (κ2) is 7.43. The molecule has 152 valence electrons. The largest absolute Gasteiger partial charge is 0.348 e. The first-order valence-electron chi connectivity index (χ1n) is 8.99. The lowest BCUT2D eigenvalue weighted by atomic mass is 10.2. The highest BCUT2D eigenvalue weighted by molar-refractivity contribution is 6.05. The van der Waals surface area contributed by atoms with Gasteiger partial charge in [0.15, 0.2) is 0 Å². The van der Waals surface area contributed by atoms with E-state index in [9.17, 15) is 23.2 Å². The molecule has 7 nitrogen and oxygen atoms in total. The Balaban J connectivity index is 1.75. The number of hydrogen-bond acceptors (Lipinski definition) is 3. The van der Waals surface area contributed by atoms with E-state index in [1.807, 2.05) is 0 Å². The van der Waals surface area contributed by atoms with E-state index in [0.717, 1.165) is 16.7 Å². The number of rotatable bonds is 4. The molecule has 30 heavy (non-hydrogen) atoms. The van der Waals surface area contributed by atoms with Gasteiger partial charge in [0.25, 0.3) is 11.5 Å². The van der Waals surface area contributed by atoms with Crippen LogP contribution in [0.5, 0.6) is 0 Å². The van der Waals surface area contributed by atoms with Crippen molar-refractivity contribution in [1.29, 1.82) is 0 Å². The third-order valence-corrected chi connectivity index (χ3v) is 4.77. The number of carbonyl (C=O) groups excluding carboxylic acids is 1. The lowest BCUT2D eigenvalue weighted by molar-refractivity contribution is 0.0951. The molecular weight excluding hydrogens is 394 g/mol. The van der Waals surface area contributed by atoms with Crippen molar-refractivity contribution in [2.45, 2.75) is 6.54 Å². The number of aromatic amines is 1. The van der Waals surface area contributed by atoms with Gasteiger partial charge >= 0.3 is 5.69 Å². The molecule has 2 aromatic heterocycles. The summed E-state index contributed by atoms with van der Waals surface area (Å²) in [5.41, 5.74) is -1.04. The summed E-state index contributed by atoms with van der Waals surface area (Å²) >= 11 is 0. The van der Waals surface area contributed by atoms with Gasteiger partial charge in [-0.05, 0) is 24.3 Å². The van der Waals surface area contributed by atoms with Crippen LogP contribution >= 0.6 is 0 Å². The molecule has 4 aromatic rings. The predicted octanol–water partition coefficient (Wildman–Crippen LogP) is 2.23. The van der Waals surface area contributed by atoms with Gasteiger partial charge in [0.1, 0.15) is 17.2 Å². The molecule has 2 heterocycles. The molecule has 1 amide bonds. The summed E-state index contributed by atoms with van der Waals surface area (Å²) in [6, 6.07) is 11.8. The average Bonchev–Trinajstić information content (AvgIpc) is 3.04. The number of fused-ring (bicyclic) bond motifs is 1. The molecule has 0 radical (unpaired) electrons. The monoisotopic (exact) mass is 410 g/mol. The Kier molecular flexibility index (Phi) is 4.78. The summed E-state index contributed by atoms with van der Waals surface area (Å²) < 4.78 is 30.0. The molecule has 0 aliphatic heterocycles. The number of aromatic nitrogens is 3. The van der Waals surface area contributed by atoms with Crippen molar-refractivity contribution < 1.29 is 13.6 Å². The molecular formula is C21H16F2N4O3. The first kappa shape index (κ1) is 19.3. The van der Waals surface area contributed by atoms with E-state index in [4.69, 9.17) is 0 Å². The van der Waals surface area contributed by atoms with E-state index in [1.54, 1.807) is 37.4 Å². The van der Waals surface area contributed by atoms with Crippen molar-refractivity contribution in [2.24, 2.45) is 7.05 Å². The van der Waals surface area contributed by atoms with E-state index in [-0.39, 0.29) is 28.7 Å². The minimum Gasteiger partial charge on any atom is -0.348 e. The lowest BCUT2D eigenvalue weighted by Crippen LogP contribution is -2.34. The van der Waals surface area contributed by atoms with E-state index < -0.39 is 28.8 Å². The van der Waals surface area contributed by atoms with Crippen molar-refractivity contribution in [1.82, 2.24) is 19.4 Å². The van der Waals surface area contributed by atoms with Gasteiger partial charge in [0, 0.05) is 25.4 Å². The number of nitrogens with zero attached hydrogens (tertiary/aromatic N) is 2. The first-order chi connectivity index (χ1) is 14.4. The predicted molar refractivity (Wildman–Crippen MR) is 107 cm³/mol. The number of benzene rings is 2. The Morgan fingerprint density at radius 2 is 1.70 bits per heavy atom. The van der Waals surface area contributed by atoms with E-state index in [0.29, 0.717) is 5.69 Å². The Bertz CT molecular complexity index is 1370. The summed E-state index contributed by atoms with van der Waals surface area (Å²) in [6.45, 7) is -0.390. The van der Waals surface area contributed by atoms with Crippen molar-refractivity contribution in [3.63, 3.8) is 0 Å². The van der Waals surface area contributed by atoms with Gasteiger partial charge in [0.05, 0.1) is 16.8 Å². The highest BCUT2D eigenvalue weighted by Crippen LogP contribution is 2.16. The number of hydrogen-bond donors (Lipinski definition) is 2. The SMILES string of the molecule is Cn1cc(C(=O)NCc2c(F)cccc2F)c2[nH]c(=O)n(-c3ccccc3)c(=O)c21. The second-order valence-electron chi connectivity index (χ2n) is 6.67. The molecule has 0 spiro atoms. The van der Waals surface area contributed by atoms with E-state index in [1.165, 1.54) is 16.8 Å². The summed E-state index contributed by atoms with van der Waals surface area (Å²) in [6.07, 6.45) is 1.38. The Morgan fingerprint density at radius 3 is 2.37 bits per heavy atom. The van der Waals surface area contributed by atoms with Gasteiger partial charge in [-0.2, -0.15) is 0 Å². The number of H-pyrrole nitrogens is 1. The molecule has 2 N–H and O–H groups in total. The van der Waals surface area contributed by atoms with Crippen molar-refractivity contribution in [3.05, 3.63) is 98.3 Å². The molecule has 0 aliphatic carbocycles. The number of para-hydroxylation sites is 1. The highest BCUT2D eigenvalue weighted by atomic mass is 19.1. The maximum absolute atomic E-state index is 13.8. The van der Waals surface area contributed by atoms with Crippen LogP contribution in [0.2, 0.25) is 0 Å². The Hall–Kier alpha value is -4.01. The maximum atomic E-state index is 13.8. The van der Waals surface area contributed by atoms with Crippen LogP contribution in [-0.2, 0) is 13.6 Å². The zero-order valence-electron chi connectivity index (χ0n) is 15.8. The number of aryl methyl sites for hydroxylation is 1. The zero-order valence-corrected chi connectivity index (χ0v) is 15.8. The molecule has 0 saturated heterocycles. The first-order valence-corrected chi connectivity index (χ1v) is 8.99. The quantitative estimate of drug-likeness (QED) is 0.541. The van der Waals surface area contributed by atoms with Gasteiger partial charge in [0.2, 0.25) is 0 Å². The zero-order chi connectivity index (χ0) is 21.4. The molecule has 0 aliphatic rings. The van der Waals surface area contributed by atoms with Crippen molar-refractivity contribution in [2.75, 3.05) is 0 Å². The maximum Gasteiger partial charge on any atom is 0.333 e. The third-order valence-electron chi connectivity index (χ3n) is 4.77. The summed E-state index contributed by atoms with van der Waals surface area (Å²) in [4.78, 5) is 40.8. The summed E-state index contributed by atoms with van der Waals surface area (Å²) in [7, 11) is 1.56. The molecule has 0 saturated carbocycles. The fourth-order valence-corrected chi connectivity index (χ4v) is 3.32. The molecule has 4 rings (SSSR count). The number of halogens is 2. The fourth-order valence-electron chi connectivity index (χ4n) is 3.32. The number of nitrogens with one attached hydrogen (secondary N) is 2. The third kappa shape index (κ3) is 3.20. The molecule has 0 unspecified atom stereocenters. The number of carbonyl (C=O) groups is 1.